The van der Waals surface area contributed by atoms with Crippen LogP contribution in [0.2, 0.25) is 0 Å². The van der Waals surface area contributed by atoms with Crippen molar-refractivity contribution in [1.82, 2.24) is 4.90 Å². The lowest BCUT2D eigenvalue weighted by Gasteiger charge is -2.37. The molecule has 0 atom stereocenters. The Balaban J connectivity index is 2.19. The Morgan fingerprint density at radius 1 is 1.47 bits per heavy atom. The molecule has 0 aromatic heterocycles. The van der Waals surface area contributed by atoms with Crippen molar-refractivity contribution in [1.29, 1.82) is 0 Å². The van der Waals surface area contributed by atoms with Gasteiger partial charge in [0, 0.05) is 29.4 Å². The first-order chi connectivity index (χ1) is 9.13. The largest absolute Gasteiger partial charge is 0.399 e. The highest BCUT2D eigenvalue weighted by atomic mass is 79.9. The van der Waals surface area contributed by atoms with E-state index in [1.54, 1.807) is 18.2 Å². The Kier molecular flexibility index (Phi) is 4.82. The summed E-state index contributed by atoms with van der Waals surface area (Å²) in [6.45, 7) is 0.704. The highest BCUT2D eigenvalue weighted by molar-refractivity contribution is 9.10. The Hall–Kier alpha value is -1.07. The van der Waals surface area contributed by atoms with Crippen LogP contribution in [0.1, 0.15) is 36.0 Å². The lowest BCUT2D eigenvalue weighted by atomic mass is 9.90. The predicted octanol–water partition coefficient (Wildman–Crippen LogP) is 2.41. The van der Waals surface area contributed by atoms with E-state index in [-0.39, 0.29) is 12.5 Å². The Labute approximate surface area is 121 Å². The number of nitrogen functional groups attached to an aromatic ring is 1. The lowest BCUT2D eigenvalue weighted by molar-refractivity contribution is 0.0561. The van der Waals surface area contributed by atoms with Crippen molar-refractivity contribution in [3.8, 4) is 0 Å². The first kappa shape index (κ1) is 14.3. The average Bonchev–Trinajstić information content (AvgIpc) is 2.34. The van der Waals surface area contributed by atoms with Crippen molar-refractivity contribution in [2.24, 2.45) is 0 Å². The summed E-state index contributed by atoms with van der Waals surface area (Å²) in [5.74, 6) is -0.00248. The number of hydrogen-bond donors (Lipinski definition) is 2. The average molecular weight is 327 g/mol. The number of hydrogen-bond acceptors (Lipinski definition) is 3. The Morgan fingerprint density at radius 3 is 2.79 bits per heavy atom. The topological polar surface area (TPSA) is 66.6 Å². The number of halogens is 1. The molecule has 1 aromatic rings. The second kappa shape index (κ2) is 6.39. The van der Waals surface area contributed by atoms with Gasteiger partial charge in [-0.2, -0.15) is 0 Å². The van der Waals surface area contributed by atoms with Gasteiger partial charge in [-0.15, -0.1) is 0 Å². The molecule has 4 nitrogen and oxygen atoms in total. The van der Waals surface area contributed by atoms with Crippen molar-refractivity contribution in [2.45, 2.75) is 31.7 Å². The van der Waals surface area contributed by atoms with E-state index in [9.17, 15) is 4.79 Å². The molecule has 1 aliphatic carbocycles. The van der Waals surface area contributed by atoms with Crippen LogP contribution < -0.4 is 5.73 Å². The van der Waals surface area contributed by atoms with E-state index in [1.807, 2.05) is 4.90 Å². The Morgan fingerprint density at radius 2 is 2.21 bits per heavy atom. The van der Waals surface area contributed by atoms with Crippen LogP contribution in [0.5, 0.6) is 0 Å². The number of nitrogens with zero attached hydrogens (tertiary/aromatic N) is 1. The van der Waals surface area contributed by atoms with Gasteiger partial charge in [-0.3, -0.25) is 4.79 Å². The second-order valence-electron chi connectivity index (χ2n) is 4.90. The summed E-state index contributed by atoms with van der Waals surface area (Å²) in [5, 5.41) is 8.97. The van der Waals surface area contributed by atoms with Gasteiger partial charge in [-0.1, -0.05) is 0 Å². The van der Waals surface area contributed by atoms with Gasteiger partial charge in [-0.25, -0.2) is 0 Å². The van der Waals surface area contributed by atoms with Crippen LogP contribution in [0.4, 0.5) is 5.69 Å². The molecule has 3 N–H and O–H groups in total. The third-order valence-electron chi connectivity index (χ3n) is 3.55. The molecule has 1 saturated carbocycles. The van der Waals surface area contributed by atoms with E-state index >= 15 is 0 Å². The van der Waals surface area contributed by atoms with Gasteiger partial charge >= 0.3 is 0 Å². The van der Waals surface area contributed by atoms with E-state index < -0.39 is 0 Å². The maximum absolute atomic E-state index is 12.6. The number of aliphatic hydroxyl groups is 1. The van der Waals surface area contributed by atoms with Gasteiger partial charge in [0.1, 0.15) is 0 Å². The zero-order chi connectivity index (χ0) is 13.8. The molecular weight excluding hydrogens is 308 g/mol. The minimum absolute atomic E-state index is 0.00248. The molecule has 1 amide bonds. The highest BCUT2D eigenvalue weighted by Crippen LogP contribution is 2.28. The molecule has 2 rings (SSSR count). The standard InChI is InChI=1S/C14H19BrN2O2/c15-13-6-5-10(16)9-12(13)14(19)17(7-2-8-18)11-3-1-4-11/h5-6,9,11,18H,1-4,7-8,16H2. The van der Waals surface area contributed by atoms with E-state index in [0.717, 1.165) is 17.3 Å². The third-order valence-corrected chi connectivity index (χ3v) is 4.25. The maximum Gasteiger partial charge on any atom is 0.255 e. The molecule has 1 aliphatic rings. The fourth-order valence-electron chi connectivity index (χ4n) is 2.25. The monoisotopic (exact) mass is 326 g/mol. The van der Waals surface area contributed by atoms with Crippen LogP contribution in [0.25, 0.3) is 0 Å². The number of benzene rings is 1. The molecule has 1 aromatic carbocycles. The molecule has 0 heterocycles. The quantitative estimate of drug-likeness (QED) is 0.816. The number of nitrogens with two attached hydrogens (primary N) is 1. The van der Waals surface area contributed by atoms with E-state index in [1.165, 1.54) is 6.42 Å². The van der Waals surface area contributed by atoms with Crippen molar-refractivity contribution in [3.05, 3.63) is 28.2 Å². The normalized spacial score (nSPS) is 15.1. The van der Waals surface area contributed by atoms with Crippen LogP contribution in [0.3, 0.4) is 0 Å². The summed E-state index contributed by atoms with van der Waals surface area (Å²) in [6.07, 6.45) is 3.89. The van der Waals surface area contributed by atoms with E-state index in [0.29, 0.717) is 30.3 Å². The fraction of sp³-hybridized carbons (Fsp3) is 0.500. The van der Waals surface area contributed by atoms with Crippen molar-refractivity contribution >= 4 is 27.5 Å². The minimum atomic E-state index is -0.00248. The van der Waals surface area contributed by atoms with Crippen LogP contribution >= 0.6 is 15.9 Å². The summed E-state index contributed by atoms with van der Waals surface area (Å²) >= 11 is 3.40. The number of amides is 1. The molecule has 5 heteroatoms. The van der Waals surface area contributed by atoms with Crippen molar-refractivity contribution < 1.29 is 9.90 Å². The second-order valence-corrected chi connectivity index (χ2v) is 5.75. The smallest absolute Gasteiger partial charge is 0.255 e. The van der Waals surface area contributed by atoms with Gasteiger partial charge in [0.05, 0.1) is 5.56 Å². The van der Waals surface area contributed by atoms with Crippen LogP contribution in [-0.2, 0) is 0 Å². The molecule has 0 saturated heterocycles. The maximum atomic E-state index is 12.6. The molecule has 104 valence electrons. The molecule has 1 fully saturated rings. The van der Waals surface area contributed by atoms with Gasteiger partial charge in [-0.05, 0) is 59.8 Å². The lowest BCUT2D eigenvalue weighted by Crippen LogP contribution is -2.45. The third kappa shape index (κ3) is 3.28. The highest BCUT2D eigenvalue weighted by Gasteiger charge is 2.29. The molecular formula is C14H19BrN2O2. The summed E-state index contributed by atoms with van der Waals surface area (Å²) in [6, 6.07) is 5.58. The molecule has 0 bridgehead atoms. The van der Waals surface area contributed by atoms with Crippen LogP contribution in [0.15, 0.2) is 22.7 Å². The van der Waals surface area contributed by atoms with Crippen LogP contribution in [-0.4, -0.2) is 35.1 Å². The molecule has 0 aliphatic heterocycles. The van der Waals surface area contributed by atoms with E-state index in [4.69, 9.17) is 10.8 Å². The summed E-state index contributed by atoms with van der Waals surface area (Å²) in [4.78, 5) is 14.5. The number of anilines is 1. The van der Waals surface area contributed by atoms with Crippen LogP contribution in [0, 0.1) is 0 Å². The molecule has 19 heavy (non-hydrogen) atoms. The Bertz CT molecular complexity index is 461. The van der Waals surface area contributed by atoms with Gasteiger partial charge in [0.15, 0.2) is 0 Å². The van der Waals surface area contributed by atoms with Gasteiger partial charge in [0.25, 0.3) is 5.91 Å². The van der Waals surface area contributed by atoms with Crippen molar-refractivity contribution in [2.75, 3.05) is 18.9 Å². The predicted molar refractivity (Wildman–Crippen MR) is 78.9 cm³/mol. The molecule has 0 unspecified atom stereocenters. The number of rotatable bonds is 5. The summed E-state index contributed by atoms with van der Waals surface area (Å²) < 4.78 is 0.764. The SMILES string of the molecule is Nc1ccc(Br)c(C(=O)N(CCCO)C2CCC2)c1. The molecule has 0 spiro atoms. The zero-order valence-corrected chi connectivity index (χ0v) is 12.4. The zero-order valence-electron chi connectivity index (χ0n) is 10.8. The first-order valence-corrected chi connectivity index (χ1v) is 7.39. The summed E-state index contributed by atoms with van der Waals surface area (Å²) in [7, 11) is 0. The number of carbonyl (C=O) groups excluding carboxylic acids is 1. The van der Waals surface area contributed by atoms with E-state index in [2.05, 4.69) is 15.9 Å². The molecule has 0 radical (unpaired) electrons. The van der Waals surface area contributed by atoms with Gasteiger partial charge in [0.2, 0.25) is 0 Å². The first-order valence-electron chi connectivity index (χ1n) is 6.60. The van der Waals surface area contributed by atoms with Crippen molar-refractivity contribution in [3.63, 3.8) is 0 Å². The number of carbonyl (C=O) groups is 1. The van der Waals surface area contributed by atoms with Gasteiger partial charge < -0.3 is 15.7 Å². The number of aliphatic hydroxyl groups excluding tert-OH is 1. The summed E-state index contributed by atoms with van der Waals surface area (Å²) in [5.41, 5.74) is 6.94. The minimum Gasteiger partial charge on any atom is -0.399 e. The fourth-order valence-corrected chi connectivity index (χ4v) is 2.67.